The Morgan fingerprint density at radius 2 is 1.52 bits per heavy atom. The van der Waals surface area contributed by atoms with E-state index in [1.54, 1.807) is 12.1 Å². The molecule has 2 aliphatic heterocycles. The van der Waals surface area contributed by atoms with Crippen LogP contribution in [0.15, 0.2) is 65.6 Å². The van der Waals surface area contributed by atoms with Gasteiger partial charge in [0.25, 0.3) is 5.91 Å². The second-order valence-corrected chi connectivity index (χ2v) is 11.5. The van der Waals surface area contributed by atoms with Gasteiger partial charge in [0, 0.05) is 62.2 Å². The number of benzene rings is 3. The van der Waals surface area contributed by atoms with Crippen LogP contribution >= 0.6 is 0 Å². The minimum atomic E-state index is -1.81. The van der Waals surface area contributed by atoms with Crippen molar-refractivity contribution in [1.29, 1.82) is 10.0 Å². The second kappa shape index (κ2) is 12.0. The number of para-hydroxylation sites is 2. The summed E-state index contributed by atoms with van der Waals surface area (Å²) in [6.07, 6.45) is 1.89. The van der Waals surface area contributed by atoms with Crippen LogP contribution in [-0.4, -0.2) is 56.1 Å². The fourth-order valence-electron chi connectivity index (χ4n) is 5.76. The molecule has 0 radical (unpaired) electrons. The van der Waals surface area contributed by atoms with Gasteiger partial charge in [0.2, 0.25) is 0 Å². The molecule has 0 saturated carbocycles. The van der Waals surface area contributed by atoms with E-state index in [0.29, 0.717) is 42.7 Å². The third-order valence-corrected chi connectivity index (χ3v) is 8.74. The Balaban J connectivity index is 1.23. The van der Waals surface area contributed by atoms with Gasteiger partial charge in [0.05, 0.1) is 11.3 Å². The molecular weight excluding hydrogens is 520 g/mol. The fraction of sp³-hybridized carbons (Fsp3) is 0.355. The Labute approximate surface area is 238 Å². The molecule has 208 valence electrons. The maximum atomic E-state index is 13.6. The molecule has 5 rings (SSSR count). The third-order valence-electron chi connectivity index (χ3n) is 7.99. The van der Waals surface area contributed by atoms with Crippen molar-refractivity contribution >= 4 is 33.6 Å². The number of piperidine rings is 1. The molecule has 8 nitrogen and oxygen atoms in total. The molecule has 0 spiro atoms. The van der Waals surface area contributed by atoms with Gasteiger partial charge in [-0.25, -0.2) is 0 Å². The third kappa shape index (κ3) is 5.77. The van der Waals surface area contributed by atoms with Crippen molar-refractivity contribution in [3.05, 3.63) is 82.9 Å². The molecule has 0 aliphatic carbocycles. The average Bonchev–Trinajstić information content (AvgIpc) is 2.98. The Hall–Kier alpha value is -4.03. The number of hydrogen-bond donors (Lipinski definition) is 2. The van der Waals surface area contributed by atoms with Gasteiger partial charge < -0.3 is 29.0 Å². The van der Waals surface area contributed by atoms with Gasteiger partial charge in [-0.2, -0.15) is 15.9 Å². The molecule has 1 amide bonds. The predicted molar refractivity (Wildman–Crippen MR) is 160 cm³/mol. The minimum absolute atomic E-state index is 0.0282. The first-order valence-electron chi connectivity index (χ1n) is 13.7. The van der Waals surface area contributed by atoms with E-state index in [1.165, 1.54) is 0 Å². The lowest BCUT2D eigenvalue weighted by Crippen LogP contribution is -2.49. The van der Waals surface area contributed by atoms with E-state index in [2.05, 4.69) is 34.2 Å². The van der Waals surface area contributed by atoms with Crippen LogP contribution in [0, 0.1) is 30.0 Å². The quantitative estimate of drug-likeness (QED) is 0.400. The highest BCUT2D eigenvalue weighted by Crippen LogP contribution is 2.29. The van der Waals surface area contributed by atoms with Gasteiger partial charge in [-0.1, -0.05) is 41.3 Å². The number of aryl methyl sites for hydroxylation is 2. The molecule has 3 aromatic rings. The monoisotopic (exact) mass is 555 g/mol. The van der Waals surface area contributed by atoms with Gasteiger partial charge in [-0.05, 0) is 62.1 Å². The lowest BCUT2D eigenvalue weighted by Gasteiger charge is -2.38. The van der Waals surface area contributed by atoms with E-state index in [1.807, 2.05) is 54.3 Å². The van der Waals surface area contributed by atoms with E-state index in [0.717, 1.165) is 59.7 Å². The Morgan fingerprint density at radius 1 is 0.900 bits per heavy atom. The van der Waals surface area contributed by atoms with E-state index in [9.17, 15) is 14.3 Å². The van der Waals surface area contributed by atoms with Gasteiger partial charge in [0.15, 0.2) is 0 Å². The molecule has 2 aliphatic rings. The van der Waals surface area contributed by atoms with E-state index < -0.39 is 10.6 Å². The smallest absolute Gasteiger partial charge is 0.254 e. The summed E-state index contributed by atoms with van der Waals surface area (Å²) in [5.74, 6) is 0.0282. The minimum Gasteiger partial charge on any atom is -0.440 e. The summed E-state index contributed by atoms with van der Waals surface area (Å²) >= 11 is 0. The van der Waals surface area contributed by atoms with Crippen LogP contribution in [0.3, 0.4) is 0 Å². The molecule has 2 heterocycles. The molecular formula is C31H35N6O2S-. The lowest BCUT2D eigenvalue weighted by molar-refractivity contribution is 0.0746. The molecule has 0 atom stereocenters. The van der Waals surface area contributed by atoms with Crippen molar-refractivity contribution in [2.75, 3.05) is 54.4 Å². The molecule has 0 unspecified atom stereocenters. The summed E-state index contributed by atoms with van der Waals surface area (Å²) < 4.78 is 19.6. The van der Waals surface area contributed by atoms with E-state index in [-0.39, 0.29) is 5.91 Å². The number of nitrogens with one attached hydrogen (secondary N) is 2. The van der Waals surface area contributed by atoms with Crippen molar-refractivity contribution in [2.24, 2.45) is 0 Å². The van der Waals surface area contributed by atoms with E-state index >= 15 is 0 Å². The topological polar surface area (TPSA) is 104 Å². The van der Waals surface area contributed by atoms with Crippen LogP contribution in [0.4, 0.5) is 17.1 Å². The highest BCUT2D eigenvalue weighted by Gasteiger charge is 2.26. The zero-order chi connectivity index (χ0) is 28.2. The normalized spacial score (nSPS) is 16.2. The second-order valence-electron chi connectivity index (χ2n) is 10.5. The molecule has 0 aromatic heterocycles. The van der Waals surface area contributed by atoms with Crippen LogP contribution in [0.5, 0.6) is 0 Å². The summed E-state index contributed by atoms with van der Waals surface area (Å²) in [6.45, 7) is 8.20. The summed E-state index contributed by atoms with van der Waals surface area (Å²) in [5.41, 5.74) is 6.32. The summed E-state index contributed by atoms with van der Waals surface area (Å²) in [6, 6.07) is 21.8. The Kier molecular flexibility index (Phi) is 8.27. The number of anilines is 3. The van der Waals surface area contributed by atoms with E-state index in [4.69, 9.17) is 4.78 Å². The Bertz CT molecular complexity index is 1500. The largest absolute Gasteiger partial charge is 0.440 e. The number of rotatable bonds is 6. The zero-order valence-electron chi connectivity index (χ0n) is 23.0. The van der Waals surface area contributed by atoms with Crippen molar-refractivity contribution in [3.8, 4) is 6.07 Å². The standard InChI is InChI=1S/C31H35N6O2S/c1-22-19-23(2)27(34-25-11-13-35(14-12-25)28-8-4-3-7-24(28)21-32)20-26(22)31(38)37-17-15-36(16-18-37)29-9-5-6-10-30(29)40(33)39/h3-10,19-20,25,33-34H,11-18H2,1-2H3/q-1. The fourth-order valence-corrected chi connectivity index (χ4v) is 6.35. The SMILES string of the molecule is Cc1cc(C)c(C(=O)N2CCN(c3ccccc3[S-](=N)=O)CC2)cc1NC1CCN(c2ccccc2C#N)CC1. The van der Waals surface area contributed by atoms with Crippen LogP contribution < -0.4 is 15.1 Å². The van der Waals surface area contributed by atoms with Crippen molar-refractivity contribution < 1.29 is 9.00 Å². The first-order valence-corrected chi connectivity index (χ1v) is 14.9. The molecule has 40 heavy (non-hydrogen) atoms. The van der Waals surface area contributed by atoms with Crippen molar-refractivity contribution in [1.82, 2.24) is 4.90 Å². The van der Waals surface area contributed by atoms with Crippen molar-refractivity contribution in [2.45, 2.75) is 37.6 Å². The predicted octanol–water partition coefficient (Wildman–Crippen LogP) is 5.30. The number of piperazine rings is 1. The van der Waals surface area contributed by atoms with Crippen LogP contribution in [-0.2, 0) is 14.8 Å². The van der Waals surface area contributed by atoms with Gasteiger partial charge in [-0.15, -0.1) is 0 Å². The Morgan fingerprint density at radius 3 is 2.20 bits per heavy atom. The highest BCUT2D eigenvalue weighted by molar-refractivity contribution is 7.73. The summed E-state index contributed by atoms with van der Waals surface area (Å²) in [7, 11) is -1.81. The number of nitrogens with zero attached hydrogens (tertiary/aromatic N) is 4. The molecule has 2 fully saturated rings. The van der Waals surface area contributed by atoms with Crippen LogP contribution in [0.1, 0.15) is 39.9 Å². The average molecular weight is 556 g/mol. The van der Waals surface area contributed by atoms with Gasteiger partial charge in [-0.3, -0.25) is 4.79 Å². The van der Waals surface area contributed by atoms with Crippen molar-refractivity contribution in [3.63, 3.8) is 0 Å². The molecule has 2 N–H and O–H groups in total. The summed E-state index contributed by atoms with van der Waals surface area (Å²) in [5, 5.41) is 13.2. The maximum absolute atomic E-state index is 13.6. The van der Waals surface area contributed by atoms with Gasteiger partial charge in [0.1, 0.15) is 6.07 Å². The molecule has 3 aromatic carbocycles. The number of hydrogen-bond acceptors (Lipinski definition) is 8. The van der Waals surface area contributed by atoms with Crippen LogP contribution in [0.25, 0.3) is 0 Å². The molecule has 0 bridgehead atoms. The highest BCUT2D eigenvalue weighted by atomic mass is 32.2. The lowest BCUT2D eigenvalue weighted by atomic mass is 9.99. The number of carbonyl (C=O) groups is 1. The number of nitriles is 1. The molecule has 2 saturated heterocycles. The van der Waals surface area contributed by atoms with Crippen LogP contribution in [0.2, 0.25) is 0 Å². The zero-order valence-corrected chi connectivity index (χ0v) is 23.8. The summed E-state index contributed by atoms with van der Waals surface area (Å²) in [4.78, 5) is 20.4. The first kappa shape index (κ1) is 27.5. The first-order chi connectivity index (χ1) is 19.4. The maximum Gasteiger partial charge on any atom is 0.254 e. The number of amides is 1. The molecule has 9 heteroatoms. The number of carbonyl (C=O) groups excluding carboxylic acids is 1. The van der Waals surface area contributed by atoms with Gasteiger partial charge >= 0.3 is 0 Å².